The van der Waals surface area contributed by atoms with Gasteiger partial charge in [0.15, 0.2) is 0 Å². The molecule has 2 fully saturated rings. The summed E-state index contributed by atoms with van der Waals surface area (Å²) in [6.07, 6.45) is -5.87. The van der Waals surface area contributed by atoms with Crippen molar-refractivity contribution in [2.45, 2.75) is 63.0 Å². The predicted molar refractivity (Wildman–Crippen MR) is 87.0 cm³/mol. The molecule has 2 aliphatic heterocycles. The molecular formula is C12H26O12P2+2. The second-order valence-corrected chi connectivity index (χ2v) is 8.99. The lowest BCUT2D eigenvalue weighted by Crippen LogP contribution is -2.34. The molecule has 0 unspecified atom stereocenters. The van der Waals surface area contributed by atoms with Gasteiger partial charge in [0.2, 0.25) is 0 Å². The van der Waals surface area contributed by atoms with Gasteiger partial charge < -0.3 is 19.7 Å². The summed E-state index contributed by atoms with van der Waals surface area (Å²) in [4.78, 5) is 42.1. The Kier molecular flexibility index (Phi) is 7.15. The molecule has 0 amide bonds. The largest absolute Gasteiger partial charge is 0.570 e. The lowest BCUT2D eigenvalue weighted by Gasteiger charge is -2.19. The fourth-order valence-corrected chi connectivity index (χ4v) is 4.12. The van der Waals surface area contributed by atoms with E-state index in [2.05, 4.69) is 9.42 Å². The molecule has 2 heterocycles. The minimum Gasteiger partial charge on any atom is -0.388 e. The quantitative estimate of drug-likeness (QED) is 0.210. The first kappa shape index (κ1) is 21.1. The average molecular weight is 425 g/mol. The minimum absolute atomic E-state index is 0.239. The van der Waals surface area contributed by atoms with E-state index in [1.807, 2.05) is 0 Å². The lowest BCUT2D eigenvalue weighted by molar-refractivity contribution is -0.0429. The van der Waals surface area contributed by atoms with E-state index in [1.54, 1.807) is 13.8 Å². The van der Waals surface area contributed by atoms with Crippen LogP contribution in [-0.4, -0.2) is 92.1 Å². The van der Waals surface area contributed by atoms with Crippen molar-refractivity contribution in [1.29, 1.82) is 1.43 Å². The van der Waals surface area contributed by atoms with Crippen LogP contribution >= 0.6 is 16.3 Å². The maximum atomic E-state index is 10.0. The standard InChI is InChI=1S/C12H26O12P2/c1-6-3-8(9(22-6)4-20-25(15,16)17)24-26(18,19)21-5-10-12(14)11(13)7(2)23-10/h6-19H,3-5H2,1-2H3/q+2/t6-,7-,8+,9+,10+,11+,12-/m0/s1/i15D. The smallest absolute Gasteiger partial charge is 0.388 e. The van der Waals surface area contributed by atoms with Gasteiger partial charge in [-0.15, -0.1) is 4.52 Å². The van der Waals surface area contributed by atoms with Crippen LogP contribution in [0.3, 0.4) is 0 Å². The van der Waals surface area contributed by atoms with Crippen molar-refractivity contribution in [3.05, 3.63) is 0 Å². The first-order valence-corrected chi connectivity index (χ1v) is 11.0. The summed E-state index contributed by atoms with van der Waals surface area (Å²) in [5, 5.41) is 19.4. The van der Waals surface area contributed by atoms with Crippen molar-refractivity contribution in [2.24, 2.45) is 0 Å². The van der Waals surface area contributed by atoms with Crippen LogP contribution in [-0.2, 0) is 23.0 Å². The molecular weight excluding hydrogens is 398 g/mol. The number of aliphatic hydroxyl groups is 2. The van der Waals surface area contributed by atoms with Crippen LogP contribution in [0.1, 0.15) is 20.3 Å². The van der Waals surface area contributed by atoms with Crippen LogP contribution in [0.25, 0.3) is 0 Å². The summed E-state index contributed by atoms with van der Waals surface area (Å²) < 4.78 is 32.0. The summed E-state index contributed by atoms with van der Waals surface area (Å²) in [5.74, 6) is 0. The van der Waals surface area contributed by atoms with E-state index < -0.39 is 66.2 Å². The van der Waals surface area contributed by atoms with E-state index in [0.29, 0.717) is 0 Å². The van der Waals surface area contributed by atoms with Crippen LogP contribution < -0.4 is 0 Å². The highest BCUT2D eigenvalue weighted by Crippen LogP contribution is 2.56. The van der Waals surface area contributed by atoms with E-state index in [0.717, 1.165) is 0 Å². The molecule has 0 bridgehead atoms. The highest BCUT2D eigenvalue weighted by atomic mass is 31.2. The van der Waals surface area contributed by atoms with Crippen molar-refractivity contribution in [1.82, 2.24) is 0 Å². The molecule has 0 aliphatic carbocycles. The normalized spacial score (nSPS) is 39.4. The Balaban J connectivity index is 1.86. The summed E-state index contributed by atoms with van der Waals surface area (Å²) in [5.41, 5.74) is 0. The van der Waals surface area contributed by atoms with Gasteiger partial charge in [0.05, 0.1) is 12.2 Å². The Morgan fingerprint density at radius 2 is 1.65 bits per heavy atom. The highest BCUT2D eigenvalue weighted by molar-refractivity contribution is 7.54. The molecule has 12 nitrogen and oxygen atoms in total. The van der Waals surface area contributed by atoms with Gasteiger partial charge in [0, 0.05) is 6.42 Å². The maximum absolute atomic E-state index is 10.0. The highest BCUT2D eigenvalue weighted by Gasteiger charge is 2.51. The van der Waals surface area contributed by atoms with Crippen molar-refractivity contribution in [3.63, 3.8) is 0 Å². The number of hydrogen-bond acceptors (Lipinski definition) is 12. The van der Waals surface area contributed by atoms with Crippen LogP contribution in [0.2, 0.25) is 0 Å². The zero-order chi connectivity index (χ0) is 20.4. The Bertz CT molecular complexity index is 485. The molecule has 26 heavy (non-hydrogen) atoms. The topological polar surface area (TPSA) is 188 Å². The molecule has 2 saturated heterocycles. The van der Waals surface area contributed by atoms with Gasteiger partial charge in [-0.25, -0.2) is 0 Å². The molecule has 0 aromatic carbocycles. The first-order valence-electron chi connectivity index (χ1n) is 8.33. The molecule has 7 atom stereocenters. The molecule has 154 valence electrons. The Hall–Kier alpha value is 0.380. The fraction of sp³-hybridized carbons (Fsp3) is 1.00. The van der Waals surface area contributed by atoms with Crippen molar-refractivity contribution >= 4 is 16.3 Å². The zero-order valence-corrected chi connectivity index (χ0v) is 16.0. The molecule has 7 N–H and O–H groups in total. The van der Waals surface area contributed by atoms with Gasteiger partial charge in [-0.1, -0.05) is 0 Å². The average Bonchev–Trinajstić information content (AvgIpc) is 3.05. The third-order valence-electron chi connectivity index (χ3n) is 4.07. The second-order valence-electron chi connectivity index (χ2n) is 6.30. The van der Waals surface area contributed by atoms with E-state index in [9.17, 15) is 29.8 Å². The summed E-state index contributed by atoms with van der Waals surface area (Å²) in [6.45, 7) is 2.39. The zero-order valence-electron chi connectivity index (χ0n) is 15.2. The van der Waals surface area contributed by atoms with E-state index in [4.69, 9.17) is 20.0 Å². The van der Waals surface area contributed by atoms with E-state index >= 15 is 0 Å². The predicted octanol–water partition coefficient (Wildman–Crippen LogP) is -1.59. The maximum Gasteiger partial charge on any atom is 0.570 e. The summed E-state index contributed by atoms with van der Waals surface area (Å²) in [6, 6.07) is 0. The van der Waals surface area contributed by atoms with Crippen molar-refractivity contribution in [3.8, 4) is 0 Å². The van der Waals surface area contributed by atoms with Gasteiger partial charge in [-0.3, -0.25) is 0 Å². The van der Waals surface area contributed by atoms with Crippen LogP contribution in [0.4, 0.5) is 0 Å². The van der Waals surface area contributed by atoms with Crippen LogP contribution in [0.15, 0.2) is 0 Å². The van der Waals surface area contributed by atoms with Gasteiger partial charge in [-0.2, -0.15) is 33.5 Å². The third-order valence-corrected chi connectivity index (χ3v) is 5.59. The molecule has 2 aliphatic rings. The fourth-order valence-electron chi connectivity index (χ4n) is 2.80. The third kappa shape index (κ3) is 6.47. The Morgan fingerprint density at radius 3 is 2.23 bits per heavy atom. The molecule has 2 rings (SSSR count). The number of rotatable bonds is 9. The molecule has 0 spiro atoms. The summed E-state index contributed by atoms with van der Waals surface area (Å²) in [7, 11) is -8.64. The molecule has 0 saturated carbocycles. The lowest BCUT2D eigenvalue weighted by atomic mass is 10.1. The van der Waals surface area contributed by atoms with Gasteiger partial charge in [0.1, 0.15) is 43.7 Å². The number of ether oxygens (including phenoxy) is 2. The number of aliphatic hydroxyl groups excluding tert-OH is 2. The van der Waals surface area contributed by atoms with Gasteiger partial charge in [-0.05, 0) is 13.8 Å². The first-order chi connectivity index (χ1) is 12.4. The SMILES string of the molecule is [2H]O[P+](O)(O)OC[C@H]1O[C@@H](C)C[C@H]1O[P+](O)(O)OC[C@H]1O[C@@H](C)[C@@H](O)[C@H]1O. The Morgan fingerprint density at radius 1 is 1.00 bits per heavy atom. The van der Waals surface area contributed by atoms with Crippen LogP contribution in [0.5, 0.6) is 0 Å². The van der Waals surface area contributed by atoms with Crippen molar-refractivity contribution in [2.75, 3.05) is 13.2 Å². The molecule has 0 aromatic rings. The monoisotopic (exact) mass is 425 g/mol. The van der Waals surface area contributed by atoms with E-state index in [-0.39, 0.29) is 12.5 Å². The second kappa shape index (κ2) is 8.81. The van der Waals surface area contributed by atoms with Gasteiger partial charge >= 0.3 is 16.3 Å². The minimum atomic E-state index is -4.34. The summed E-state index contributed by atoms with van der Waals surface area (Å²) >= 11 is 0. The van der Waals surface area contributed by atoms with Crippen LogP contribution in [0, 0.1) is 0 Å². The molecule has 14 heteroatoms. The molecule has 0 radical (unpaired) electrons. The van der Waals surface area contributed by atoms with Crippen molar-refractivity contribution < 1.29 is 57.7 Å². The molecule has 0 aromatic heterocycles. The Labute approximate surface area is 152 Å². The number of hydrogen-bond donors (Lipinski definition) is 7. The van der Waals surface area contributed by atoms with E-state index in [1.165, 1.54) is 0 Å². The van der Waals surface area contributed by atoms with Gasteiger partial charge in [0.25, 0.3) is 1.43 Å².